The van der Waals surface area contributed by atoms with E-state index in [9.17, 15) is 9.59 Å². The summed E-state index contributed by atoms with van der Waals surface area (Å²) >= 11 is 0. The van der Waals surface area contributed by atoms with Gasteiger partial charge in [-0.05, 0) is 32.0 Å². The number of morpholine rings is 1. The van der Waals surface area contributed by atoms with Gasteiger partial charge in [-0.1, -0.05) is 0 Å². The van der Waals surface area contributed by atoms with Crippen LogP contribution in [0.4, 0.5) is 0 Å². The third-order valence-corrected chi connectivity index (χ3v) is 5.43. The fourth-order valence-corrected chi connectivity index (χ4v) is 3.74. The molecule has 0 bridgehead atoms. The maximum atomic E-state index is 12.5. The van der Waals surface area contributed by atoms with Gasteiger partial charge in [0.1, 0.15) is 12.4 Å². The molecule has 2 amide bonds. The largest absolute Gasteiger partial charge is 0.453 e. The molecule has 150 valence electrons. The monoisotopic (exact) mass is 379 g/mol. The van der Waals surface area contributed by atoms with Crippen LogP contribution in [0.3, 0.4) is 0 Å². The van der Waals surface area contributed by atoms with Crippen molar-refractivity contribution in [3.05, 3.63) is 23.7 Å². The molecule has 1 aromatic rings. The van der Waals surface area contributed by atoms with E-state index in [1.807, 2.05) is 11.9 Å². The van der Waals surface area contributed by atoms with Crippen molar-refractivity contribution < 1.29 is 23.5 Å². The van der Waals surface area contributed by atoms with Crippen molar-refractivity contribution in [1.29, 1.82) is 0 Å². The van der Waals surface area contributed by atoms with E-state index in [4.69, 9.17) is 13.9 Å². The average Bonchev–Trinajstić information content (AvgIpc) is 3.28. The van der Waals surface area contributed by atoms with Crippen LogP contribution in [-0.2, 0) is 20.9 Å². The van der Waals surface area contributed by atoms with Gasteiger partial charge < -0.3 is 24.1 Å². The molecule has 2 atom stereocenters. The second-order valence-corrected chi connectivity index (χ2v) is 7.16. The van der Waals surface area contributed by atoms with Gasteiger partial charge in [-0.15, -0.1) is 0 Å². The average molecular weight is 379 g/mol. The molecule has 8 heteroatoms. The summed E-state index contributed by atoms with van der Waals surface area (Å²) in [6.07, 6.45) is 2.45. The smallest absolute Gasteiger partial charge is 0.287 e. The number of hydrogen-bond donors (Lipinski definition) is 1. The van der Waals surface area contributed by atoms with Gasteiger partial charge in [0.25, 0.3) is 5.91 Å². The molecular weight excluding hydrogens is 350 g/mol. The molecule has 0 aromatic carbocycles. The highest BCUT2D eigenvalue weighted by atomic mass is 16.5. The molecule has 0 aliphatic carbocycles. The van der Waals surface area contributed by atoms with E-state index in [1.54, 1.807) is 19.2 Å². The summed E-state index contributed by atoms with van der Waals surface area (Å²) in [5, 5.41) is 2.94. The lowest BCUT2D eigenvalue weighted by atomic mass is 10.1. The van der Waals surface area contributed by atoms with E-state index in [2.05, 4.69) is 10.2 Å². The lowest BCUT2D eigenvalue weighted by molar-refractivity contribution is -0.136. The first kappa shape index (κ1) is 19.9. The van der Waals surface area contributed by atoms with E-state index in [0.717, 1.165) is 12.8 Å². The third kappa shape index (κ3) is 5.09. The van der Waals surface area contributed by atoms with Crippen molar-refractivity contribution in [3.63, 3.8) is 0 Å². The molecular formula is C19H29N3O5. The highest BCUT2D eigenvalue weighted by Gasteiger charge is 2.33. The van der Waals surface area contributed by atoms with Crippen LogP contribution in [-0.4, -0.2) is 80.7 Å². The van der Waals surface area contributed by atoms with E-state index < -0.39 is 0 Å². The minimum Gasteiger partial charge on any atom is -0.453 e. The number of amides is 2. The van der Waals surface area contributed by atoms with Crippen LogP contribution in [0, 0.1) is 0 Å². The Labute approximate surface area is 159 Å². The van der Waals surface area contributed by atoms with Gasteiger partial charge in [0.15, 0.2) is 5.76 Å². The van der Waals surface area contributed by atoms with Crippen molar-refractivity contribution in [2.45, 2.75) is 38.0 Å². The molecule has 1 N–H and O–H groups in total. The summed E-state index contributed by atoms with van der Waals surface area (Å²) in [7, 11) is 3.61. The lowest BCUT2D eigenvalue weighted by Crippen LogP contribution is -2.45. The fourth-order valence-electron chi connectivity index (χ4n) is 3.74. The number of methoxy groups -OCH3 is 1. The number of likely N-dealkylation sites (tertiary alicyclic amines) is 1. The first-order chi connectivity index (χ1) is 13.1. The molecule has 0 radical (unpaired) electrons. The number of carbonyl (C=O) groups is 2. The molecule has 3 rings (SSSR count). The van der Waals surface area contributed by atoms with Gasteiger partial charge in [0.05, 0.1) is 13.2 Å². The van der Waals surface area contributed by atoms with Crippen molar-refractivity contribution >= 4 is 11.8 Å². The minimum absolute atomic E-state index is 0.195. The highest BCUT2D eigenvalue weighted by Crippen LogP contribution is 2.25. The van der Waals surface area contributed by atoms with Crippen LogP contribution in [0.1, 0.15) is 35.6 Å². The Morgan fingerprint density at radius 3 is 2.70 bits per heavy atom. The zero-order valence-electron chi connectivity index (χ0n) is 16.1. The molecule has 2 fully saturated rings. The molecule has 2 saturated heterocycles. The molecule has 27 heavy (non-hydrogen) atoms. The Kier molecular flexibility index (Phi) is 6.87. The van der Waals surface area contributed by atoms with Crippen LogP contribution < -0.4 is 5.32 Å². The number of hydrogen-bond acceptors (Lipinski definition) is 6. The maximum Gasteiger partial charge on any atom is 0.287 e. The molecule has 0 saturated carbocycles. The molecule has 8 nitrogen and oxygen atoms in total. The van der Waals surface area contributed by atoms with Gasteiger partial charge in [-0.25, -0.2) is 0 Å². The van der Waals surface area contributed by atoms with E-state index in [0.29, 0.717) is 57.4 Å². The van der Waals surface area contributed by atoms with Gasteiger partial charge >= 0.3 is 0 Å². The highest BCUT2D eigenvalue weighted by molar-refractivity contribution is 5.91. The van der Waals surface area contributed by atoms with Crippen LogP contribution in [0.5, 0.6) is 0 Å². The first-order valence-corrected chi connectivity index (χ1v) is 9.51. The number of carbonyl (C=O) groups excluding carboxylic acids is 2. The molecule has 1 aromatic heterocycles. The van der Waals surface area contributed by atoms with Crippen molar-refractivity contribution in [2.24, 2.45) is 0 Å². The summed E-state index contributed by atoms with van der Waals surface area (Å²) in [6.45, 7) is 3.50. The predicted molar refractivity (Wildman–Crippen MR) is 98.3 cm³/mol. The van der Waals surface area contributed by atoms with Gasteiger partial charge in [0.2, 0.25) is 5.91 Å². The molecule has 0 spiro atoms. The quantitative estimate of drug-likeness (QED) is 0.757. The van der Waals surface area contributed by atoms with E-state index in [1.165, 1.54) is 0 Å². The van der Waals surface area contributed by atoms with Crippen LogP contribution >= 0.6 is 0 Å². The minimum atomic E-state index is -0.224. The molecule has 0 unspecified atom stereocenters. The van der Waals surface area contributed by atoms with Gasteiger partial charge in [-0.3, -0.25) is 14.5 Å². The van der Waals surface area contributed by atoms with Gasteiger partial charge in [-0.2, -0.15) is 0 Å². The van der Waals surface area contributed by atoms with E-state index in [-0.39, 0.29) is 23.9 Å². The zero-order valence-corrected chi connectivity index (χ0v) is 16.1. The number of furan rings is 1. The van der Waals surface area contributed by atoms with Crippen molar-refractivity contribution in [1.82, 2.24) is 15.1 Å². The van der Waals surface area contributed by atoms with Crippen LogP contribution in [0.2, 0.25) is 0 Å². The predicted octanol–water partition coefficient (Wildman–Crippen LogP) is 0.868. The number of nitrogens with one attached hydrogen (secondary N) is 1. The number of likely N-dealkylation sites (N-methyl/N-ethyl adjacent to an activating group) is 1. The van der Waals surface area contributed by atoms with E-state index >= 15 is 0 Å². The summed E-state index contributed by atoms with van der Waals surface area (Å²) in [5.74, 6) is 0.892. The second kappa shape index (κ2) is 9.34. The van der Waals surface area contributed by atoms with Crippen LogP contribution in [0.15, 0.2) is 16.5 Å². The van der Waals surface area contributed by atoms with Crippen molar-refractivity contribution in [2.75, 3.05) is 47.0 Å². The topological polar surface area (TPSA) is 84.2 Å². The molecule has 2 aliphatic rings. The Balaban J connectivity index is 1.44. The maximum absolute atomic E-state index is 12.5. The summed E-state index contributed by atoms with van der Waals surface area (Å²) in [4.78, 5) is 28.8. The standard InChI is InChI=1S/C19H29N3O5/c1-21-14(11-18(23)22-7-9-26-10-8-22)3-4-15(21)12-20-19(24)17-6-5-16(27-17)13-25-2/h5-6,14-15H,3-4,7-13H2,1-2H3,(H,20,24)/t14-,15+/m1/s1. The number of ether oxygens (including phenoxy) is 2. The zero-order chi connectivity index (χ0) is 19.2. The fraction of sp³-hybridized carbons (Fsp3) is 0.684. The number of rotatable bonds is 7. The summed E-state index contributed by atoms with van der Waals surface area (Å²) < 4.78 is 15.8. The summed E-state index contributed by atoms with van der Waals surface area (Å²) in [6, 6.07) is 3.85. The number of nitrogens with zero attached hydrogens (tertiary/aromatic N) is 2. The summed E-state index contributed by atoms with van der Waals surface area (Å²) in [5.41, 5.74) is 0. The Morgan fingerprint density at radius 2 is 1.96 bits per heavy atom. The van der Waals surface area contributed by atoms with Crippen molar-refractivity contribution in [3.8, 4) is 0 Å². The van der Waals surface area contributed by atoms with Gasteiger partial charge in [0, 0.05) is 45.2 Å². The lowest BCUT2D eigenvalue weighted by Gasteiger charge is -2.30. The Morgan fingerprint density at radius 1 is 1.22 bits per heavy atom. The molecule has 3 heterocycles. The normalized spacial score (nSPS) is 23.6. The third-order valence-electron chi connectivity index (χ3n) is 5.43. The second-order valence-electron chi connectivity index (χ2n) is 7.16. The molecule has 2 aliphatic heterocycles. The van der Waals surface area contributed by atoms with Crippen LogP contribution in [0.25, 0.3) is 0 Å². The first-order valence-electron chi connectivity index (χ1n) is 9.51. The Hall–Kier alpha value is -1.90. The SMILES string of the molecule is COCc1ccc(C(=O)NC[C@@H]2CC[C@H](CC(=O)N3CCOCC3)N2C)o1. The Bertz CT molecular complexity index is 641.